The SMILES string of the molecule is CN(C(=O)C1(c2cccc(Cl)c2)CC1)[C@@H]1CCS(=O)(=O)C1. The van der Waals surface area contributed by atoms with Gasteiger partial charge in [-0.1, -0.05) is 23.7 Å². The van der Waals surface area contributed by atoms with Gasteiger partial charge in [0.05, 0.1) is 16.9 Å². The van der Waals surface area contributed by atoms with Crippen LogP contribution in [0.1, 0.15) is 24.8 Å². The summed E-state index contributed by atoms with van der Waals surface area (Å²) in [5.74, 6) is 0.284. The van der Waals surface area contributed by atoms with Crippen molar-refractivity contribution >= 4 is 27.3 Å². The Labute approximate surface area is 130 Å². The number of amides is 1. The van der Waals surface area contributed by atoms with Crippen molar-refractivity contribution in [2.75, 3.05) is 18.6 Å². The Bertz CT molecular complexity index is 682. The molecule has 114 valence electrons. The molecular weight excluding hydrogens is 310 g/mol. The van der Waals surface area contributed by atoms with Crippen molar-refractivity contribution in [2.45, 2.75) is 30.7 Å². The maximum absolute atomic E-state index is 12.8. The van der Waals surface area contributed by atoms with Crippen LogP contribution in [0.3, 0.4) is 0 Å². The van der Waals surface area contributed by atoms with Crippen LogP contribution in [0.2, 0.25) is 5.02 Å². The summed E-state index contributed by atoms with van der Waals surface area (Å²) in [5.41, 5.74) is 0.444. The van der Waals surface area contributed by atoms with Gasteiger partial charge in [-0.25, -0.2) is 8.42 Å². The lowest BCUT2D eigenvalue weighted by atomic mass is 9.94. The smallest absolute Gasteiger partial charge is 0.233 e. The van der Waals surface area contributed by atoms with E-state index in [9.17, 15) is 13.2 Å². The first kappa shape index (κ1) is 14.9. The Hall–Kier alpha value is -1.07. The van der Waals surface area contributed by atoms with Gasteiger partial charge in [-0.2, -0.15) is 0 Å². The van der Waals surface area contributed by atoms with E-state index in [0.717, 1.165) is 18.4 Å². The molecule has 2 fully saturated rings. The molecule has 1 heterocycles. The molecular formula is C15H18ClNO3S. The molecule has 1 aliphatic heterocycles. The lowest BCUT2D eigenvalue weighted by Crippen LogP contribution is -2.43. The van der Waals surface area contributed by atoms with Crippen LogP contribution in [-0.4, -0.2) is 43.8 Å². The molecule has 1 amide bonds. The highest BCUT2D eigenvalue weighted by Crippen LogP contribution is 2.50. The number of carbonyl (C=O) groups is 1. The number of carbonyl (C=O) groups excluding carboxylic acids is 1. The minimum atomic E-state index is -2.99. The van der Waals surface area contributed by atoms with Gasteiger partial charge >= 0.3 is 0 Å². The monoisotopic (exact) mass is 327 g/mol. The fraction of sp³-hybridized carbons (Fsp3) is 0.533. The minimum absolute atomic E-state index is 0.0202. The Morgan fingerprint density at radius 1 is 1.38 bits per heavy atom. The van der Waals surface area contributed by atoms with Crippen LogP contribution in [0, 0.1) is 0 Å². The molecule has 0 N–H and O–H groups in total. The van der Waals surface area contributed by atoms with Crippen molar-refractivity contribution in [1.29, 1.82) is 0 Å². The molecule has 0 radical (unpaired) electrons. The highest BCUT2D eigenvalue weighted by atomic mass is 35.5. The number of benzene rings is 1. The summed E-state index contributed by atoms with van der Waals surface area (Å²) in [7, 11) is -1.26. The molecule has 4 nitrogen and oxygen atoms in total. The van der Waals surface area contributed by atoms with Crippen molar-refractivity contribution in [2.24, 2.45) is 0 Å². The number of rotatable bonds is 3. The zero-order valence-corrected chi connectivity index (χ0v) is 13.5. The lowest BCUT2D eigenvalue weighted by molar-refractivity contribution is -0.134. The van der Waals surface area contributed by atoms with Crippen molar-refractivity contribution in [3.63, 3.8) is 0 Å². The first-order valence-corrected chi connectivity index (χ1v) is 9.28. The predicted molar refractivity (Wildman–Crippen MR) is 82.2 cm³/mol. The fourth-order valence-corrected chi connectivity index (χ4v) is 5.09. The Balaban J connectivity index is 1.82. The molecule has 21 heavy (non-hydrogen) atoms. The van der Waals surface area contributed by atoms with Crippen molar-refractivity contribution in [3.05, 3.63) is 34.9 Å². The molecule has 1 saturated heterocycles. The van der Waals surface area contributed by atoms with E-state index < -0.39 is 15.3 Å². The molecule has 0 spiro atoms. The molecule has 2 aliphatic rings. The Morgan fingerprint density at radius 2 is 2.10 bits per heavy atom. The Kier molecular flexibility index (Phi) is 3.53. The average Bonchev–Trinajstić information content (AvgIpc) is 3.16. The van der Waals surface area contributed by atoms with E-state index in [-0.39, 0.29) is 23.5 Å². The standard InChI is InChI=1S/C15H18ClNO3S/c1-17(13-5-8-21(19,20)10-13)14(18)15(6-7-15)11-3-2-4-12(16)9-11/h2-4,9,13H,5-8,10H2,1H3/t13-/m1/s1. The van der Waals surface area contributed by atoms with E-state index in [1.165, 1.54) is 0 Å². The average molecular weight is 328 g/mol. The number of hydrogen-bond acceptors (Lipinski definition) is 3. The van der Waals surface area contributed by atoms with Gasteiger partial charge in [-0.3, -0.25) is 4.79 Å². The molecule has 0 bridgehead atoms. The molecule has 1 atom stereocenters. The van der Waals surface area contributed by atoms with Crippen LogP contribution in [0.25, 0.3) is 0 Å². The van der Waals surface area contributed by atoms with Crippen LogP contribution in [-0.2, 0) is 20.0 Å². The highest BCUT2D eigenvalue weighted by molar-refractivity contribution is 7.91. The van der Waals surface area contributed by atoms with Gasteiger partial charge in [0.25, 0.3) is 0 Å². The second-order valence-electron chi connectivity index (χ2n) is 6.07. The first-order chi connectivity index (χ1) is 9.84. The van der Waals surface area contributed by atoms with Crippen LogP contribution in [0.5, 0.6) is 0 Å². The largest absolute Gasteiger partial charge is 0.341 e. The van der Waals surface area contributed by atoms with Gasteiger partial charge in [-0.15, -0.1) is 0 Å². The third-order valence-corrected chi connectivity index (χ3v) is 6.60. The zero-order chi connectivity index (χ0) is 15.3. The second-order valence-corrected chi connectivity index (χ2v) is 8.73. The number of sulfone groups is 1. The summed E-state index contributed by atoms with van der Waals surface area (Å²) in [6.07, 6.45) is 2.14. The van der Waals surface area contributed by atoms with Crippen molar-refractivity contribution < 1.29 is 13.2 Å². The third-order valence-electron chi connectivity index (χ3n) is 4.61. The van der Waals surface area contributed by atoms with Crippen LogP contribution < -0.4 is 0 Å². The highest BCUT2D eigenvalue weighted by Gasteiger charge is 2.53. The zero-order valence-electron chi connectivity index (χ0n) is 11.9. The van der Waals surface area contributed by atoms with Crippen LogP contribution in [0.15, 0.2) is 24.3 Å². The summed E-state index contributed by atoms with van der Waals surface area (Å²) in [5, 5.41) is 0.623. The van der Waals surface area contributed by atoms with Gasteiger partial charge in [0.1, 0.15) is 0 Å². The molecule has 3 rings (SSSR count). The number of nitrogens with zero attached hydrogens (tertiary/aromatic N) is 1. The molecule has 6 heteroatoms. The van der Waals surface area contributed by atoms with Crippen LogP contribution >= 0.6 is 11.6 Å². The molecule has 1 aliphatic carbocycles. The van der Waals surface area contributed by atoms with Gasteiger partial charge < -0.3 is 4.90 Å². The van der Waals surface area contributed by atoms with Gasteiger partial charge in [0, 0.05) is 18.1 Å². The second kappa shape index (κ2) is 4.99. The molecule has 0 aromatic heterocycles. The summed E-state index contributed by atoms with van der Waals surface area (Å²) in [6.45, 7) is 0. The molecule has 1 aromatic rings. The van der Waals surface area contributed by atoms with Crippen LogP contribution in [0.4, 0.5) is 0 Å². The van der Waals surface area contributed by atoms with E-state index in [1.807, 2.05) is 18.2 Å². The predicted octanol–water partition coefficient (Wildman–Crippen LogP) is 2.02. The summed E-state index contributed by atoms with van der Waals surface area (Å²) in [6, 6.07) is 7.21. The molecule has 1 saturated carbocycles. The maximum Gasteiger partial charge on any atom is 0.233 e. The summed E-state index contributed by atoms with van der Waals surface area (Å²) in [4.78, 5) is 14.5. The van der Waals surface area contributed by atoms with E-state index in [4.69, 9.17) is 11.6 Å². The minimum Gasteiger partial charge on any atom is -0.341 e. The van der Waals surface area contributed by atoms with Crippen molar-refractivity contribution in [1.82, 2.24) is 4.90 Å². The molecule has 1 aromatic carbocycles. The van der Waals surface area contributed by atoms with E-state index in [1.54, 1.807) is 18.0 Å². The molecule has 0 unspecified atom stereocenters. The summed E-state index contributed by atoms with van der Waals surface area (Å²) < 4.78 is 23.2. The van der Waals surface area contributed by atoms with Crippen molar-refractivity contribution in [3.8, 4) is 0 Å². The quantitative estimate of drug-likeness (QED) is 0.853. The Morgan fingerprint density at radius 3 is 2.62 bits per heavy atom. The van der Waals surface area contributed by atoms with Gasteiger partial charge in [-0.05, 0) is 37.0 Å². The third kappa shape index (κ3) is 2.69. The van der Waals surface area contributed by atoms with Gasteiger partial charge in [0.15, 0.2) is 9.84 Å². The normalized spacial score (nSPS) is 25.5. The number of halogens is 1. The summed E-state index contributed by atoms with van der Waals surface area (Å²) >= 11 is 6.02. The van der Waals surface area contributed by atoms with Gasteiger partial charge in [0.2, 0.25) is 5.91 Å². The van der Waals surface area contributed by atoms with E-state index in [0.29, 0.717) is 11.4 Å². The first-order valence-electron chi connectivity index (χ1n) is 7.08. The lowest BCUT2D eigenvalue weighted by Gasteiger charge is -2.28. The van der Waals surface area contributed by atoms with E-state index >= 15 is 0 Å². The van der Waals surface area contributed by atoms with E-state index in [2.05, 4.69) is 0 Å². The topological polar surface area (TPSA) is 54.5 Å². The maximum atomic E-state index is 12.8. The number of hydrogen-bond donors (Lipinski definition) is 0. The number of likely N-dealkylation sites (N-methyl/N-ethyl adjacent to an activating group) is 1. The fourth-order valence-electron chi connectivity index (χ4n) is 3.12.